The van der Waals surface area contributed by atoms with E-state index in [-0.39, 0.29) is 5.91 Å². The Bertz CT molecular complexity index is 1310. The minimum Gasteiger partial charge on any atom is -0.489 e. The molecule has 0 unspecified atom stereocenters. The zero-order valence-electron chi connectivity index (χ0n) is 17.8. The largest absolute Gasteiger partial charge is 0.489 e. The van der Waals surface area contributed by atoms with Crippen LogP contribution in [0.1, 0.15) is 5.69 Å². The number of benzene rings is 2. The SMILES string of the molecule is C=CC(=O)N1CCOc2c1ccc1ncnc(Nc3ccc(OCc4ccccn4)cc3)c21. The van der Waals surface area contributed by atoms with Crippen LogP contribution in [0.5, 0.6) is 11.5 Å². The number of aromatic nitrogens is 3. The predicted octanol–water partition coefficient (Wildman–Crippen LogP) is 4.26. The molecule has 1 aliphatic rings. The molecule has 5 rings (SSSR count). The summed E-state index contributed by atoms with van der Waals surface area (Å²) in [4.78, 5) is 27.0. The van der Waals surface area contributed by atoms with Gasteiger partial charge < -0.3 is 19.7 Å². The van der Waals surface area contributed by atoms with Crippen molar-refractivity contribution in [3.8, 4) is 11.5 Å². The first-order valence-electron chi connectivity index (χ1n) is 10.5. The second-order valence-electron chi connectivity index (χ2n) is 7.33. The second kappa shape index (κ2) is 8.96. The summed E-state index contributed by atoms with van der Waals surface area (Å²) >= 11 is 0. The molecule has 0 bridgehead atoms. The first-order chi connectivity index (χ1) is 16.2. The first-order valence-corrected chi connectivity index (χ1v) is 10.5. The molecule has 0 spiro atoms. The summed E-state index contributed by atoms with van der Waals surface area (Å²) in [6, 6.07) is 17.0. The van der Waals surface area contributed by atoms with Gasteiger partial charge in [-0.25, -0.2) is 9.97 Å². The average Bonchev–Trinajstić information content (AvgIpc) is 2.88. The number of amides is 1. The summed E-state index contributed by atoms with van der Waals surface area (Å²) in [7, 11) is 0. The van der Waals surface area contributed by atoms with Crippen molar-refractivity contribution in [2.45, 2.75) is 6.61 Å². The monoisotopic (exact) mass is 439 g/mol. The van der Waals surface area contributed by atoms with Crippen molar-refractivity contribution in [3.05, 3.63) is 85.5 Å². The van der Waals surface area contributed by atoms with Crippen molar-refractivity contribution in [2.75, 3.05) is 23.4 Å². The molecule has 0 radical (unpaired) electrons. The molecule has 4 aromatic rings. The van der Waals surface area contributed by atoms with Crippen LogP contribution in [0.3, 0.4) is 0 Å². The van der Waals surface area contributed by atoms with Gasteiger partial charge in [-0.2, -0.15) is 0 Å². The van der Waals surface area contributed by atoms with E-state index in [4.69, 9.17) is 9.47 Å². The summed E-state index contributed by atoms with van der Waals surface area (Å²) in [6.07, 6.45) is 4.54. The van der Waals surface area contributed by atoms with Crippen molar-refractivity contribution < 1.29 is 14.3 Å². The van der Waals surface area contributed by atoms with Gasteiger partial charge in [0.25, 0.3) is 5.91 Å². The van der Waals surface area contributed by atoms with Gasteiger partial charge >= 0.3 is 0 Å². The molecule has 0 saturated heterocycles. The first kappa shape index (κ1) is 20.4. The number of carbonyl (C=O) groups is 1. The highest BCUT2D eigenvalue weighted by Gasteiger charge is 2.25. The van der Waals surface area contributed by atoms with Gasteiger partial charge in [0.15, 0.2) is 5.75 Å². The highest BCUT2D eigenvalue weighted by molar-refractivity contribution is 6.07. The Morgan fingerprint density at radius 1 is 1.12 bits per heavy atom. The molecule has 2 aromatic heterocycles. The molecule has 0 aliphatic carbocycles. The van der Waals surface area contributed by atoms with E-state index in [2.05, 4.69) is 26.8 Å². The van der Waals surface area contributed by atoms with Crippen LogP contribution in [0.4, 0.5) is 17.2 Å². The standard InChI is InChI=1S/C25H21N5O3/c1-2-22(31)30-13-14-32-24-21(30)11-10-20-23(24)25(28-16-27-20)29-17-6-8-19(9-7-17)33-15-18-5-3-4-12-26-18/h2-12,16H,1,13-15H2,(H,27,28,29). The quantitative estimate of drug-likeness (QED) is 0.449. The average molecular weight is 439 g/mol. The van der Waals surface area contributed by atoms with E-state index in [0.29, 0.717) is 42.4 Å². The third kappa shape index (κ3) is 4.18. The van der Waals surface area contributed by atoms with Crippen LogP contribution in [0.25, 0.3) is 10.9 Å². The van der Waals surface area contributed by atoms with E-state index in [0.717, 1.165) is 22.6 Å². The van der Waals surface area contributed by atoms with Gasteiger partial charge in [-0.3, -0.25) is 9.78 Å². The van der Waals surface area contributed by atoms with Crippen molar-refractivity contribution >= 4 is 34.0 Å². The predicted molar refractivity (Wildman–Crippen MR) is 126 cm³/mol. The summed E-state index contributed by atoms with van der Waals surface area (Å²) in [5, 5.41) is 4.05. The minimum absolute atomic E-state index is 0.174. The van der Waals surface area contributed by atoms with Crippen molar-refractivity contribution in [1.82, 2.24) is 15.0 Å². The number of anilines is 3. The van der Waals surface area contributed by atoms with Crippen LogP contribution in [0.15, 0.2) is 79.8 Å². The molecule has 3 heterocycles. The second-order valence-corrected chi connectivity index (χ2v) is 7.33. The topological polar surface area (TPSA) is 89.5 Å². The molecular weight excluding hydrogens is 418 g/mol. The molecule has 1 amide bonds. The lowest BCUT2D eigenvalue weighted by molar-refractivity contribution is -0.114. The highest BCUT2D eigenvalue weighted by atomic mass is 16.5. The Morgan fingerprint density at radius 2 is 2.00 bits per heavy atom. The van der Waals surface area contributed by atoms with Crippen molar-refractivity contribution in [1.29, 1.82) is 0 Å². The van der Waals surface area contributed by atoms with Gasteiger partial charge in [0.1, 0.15) is 31.1 Å². The van der Waals surface area contributed by atoms with Gasteiger partial charge in [-0.15, -0.1) is 0 Å². The van der Waals surface area contributed by atoms with Crippen LogP contribution < -0.4 is 19.7 Å². The van der Waals surface area contributed by atoms with Gasteiger partial charge in [-0.1, -0.05) is 12.6 Å². The fourth-order valence-electron chi connectivity index (χ4n) is 3.68. The van der Waals surface area contributed by atoms with Crippen LogP contribution in [0, 0.1) is 0 Å². The fraction of sp³-hybridized carbons (Fsp3) is 0.120. The van der Waals surface area contributed by atoms with E-state index in [1.54, 1.807) is 11.1 Å². The van der Waals surface area contributed by atoms with Crippen molar-refractivity contribution in [3.63, 3.8) is 0 Å². The molecular formula is C25H21N5O3. The van der Waals surface area contributed by atoms with E-state index in [1.165, 1.54) is 12.4 Å². The van der Waals surface area contributed by atoms with E-state index in [1.807, 2.05) is 54.6 Å². The molecule has 1 N–H and O–H groups in total. The fourth-order valence-corrected chi connectivity index (χ4v) is 3.68. The Kier molecular flexibility index (Phi) is 5.55. The number of rotatable bonds is 6. The molecule has 164 valence electrons. The summed E-state index contributed by atoms with van der Waals surface area (Å²) in [6.45, 7) is 4.83. The Labute approximate surface area is 190 Å². The molecule has 0 saturated carbocycles. The Morgan fingerprint density at radius 3 is 2.79 bits per heavy atom. The van der Waals surface area contributed by atoms with Gasteiger partial charge in [-0.05, 0) is 54.6 Å². The summed E-state index contributed by atoms with van der Waals surface area (Å²) in [5.41, 5.74) is 3.08. The van der Waals surface area contributed by atoms with Gasteiger partial charge in [0, 0.05) is 11.9 Å². The number of carbonyl (C=O) groups excluding carboxylic acids is 1. The van der Waals surface area contributed by atoms with Crippen LogP contribution in [-0.2, 0) is 11.4 Å². The van der Waals surface area contributed by atoms with Crippen LogP contribution in [0.2, 0.25) is 0 Å². The van der Waals surface area contributed by atoms with E-state index in [9.17, 15) is 4.79 Å². The molecule has 1 aliphatic heterocycles. The summed E-state index contributed by atoms with van der Waals surface area (Å²) in [5.74, 6) is 1.73. The molecule has 0 fully saturated rings. The highest BCUT2D eigenvalue weighted by Crippen LogP contribution is 2.41. The molecule has 8 heteroatoms. The number of nitrogens with zero attached hydrogens (tertiary/aromatic N) is 4. The van der Waals surface area contributed by atoms with Crippen molar-refractivity contribution in [2.24, 2.45) is 0 Å². The Balaban J connectivity index is 1.41. The van der Waals surface area contributed by atoms with Crippen LogP contribution in [-0.4, -0.2) is 34.0 Å². The van der Waals surface area contributed by atoms with E-state index < -0.39 is 0 Å². The maximum atomic E-state index is 12.3. The van der Waals surface area contributed by atoms with Gasteiger partial charge in [0.2, 0.25) is 0 Å². The lowest BCUT2D eigenvalue weighted by Gasteiger charge is -2.29. The normalized spacial score (nSPS) is 12.5. The number of hydrogen-bond donors (Lipinski definition) is 1. The third-order valence-corrected chi connectivity index (χ3v) is 5.26. The molecule has 8 nitrogen and oxygen atoms in total. The maximum Gasteiger partial charge on any atom is 0.250 e. The zero-order valence-corrected chi connectivity index (χ0v) is 17.8. The van der Waals surface area contributed by atoms with E-state index >= 15 is 0 Å². The number of pyridine rings is 1. The van der Waals surface area contributed by atoms with Gasteiger partial charge in [0.05, 0.1) is 28.8 Å². The molecule has 33 heavy (non-hydrogen) atoms. The Hall–Kier alpha value is -4.46. The lowest BCUT2D eigenvalue weighted by Crippen LogP contribution is -2.36. The maximum absolute atomic E-state index is 12.3. The lowest BCUT2D eigenvalue weighted by atomic mass is 10.1. The third-order valence-electron chi connectivity index (χ3n) is 5.26. The number of hydrogen-bond acceptors (Lipinski definition) is 7. The molecule has 0 atom stereocenters. The number of fused-ring (bicyclic) bond motifs is 3. The summed E-state index contributed by atoms with van der Waals surface area (Å²) < 4.78 is 11.8. The van der Waals surface area contributed by atoms with Crippen LogP contribution >= 0.6 is 0 Å². The zero-order chi connectivity index (χ0) is 22.6. The molecule has 2 aromatic carbocycles. The smallest absolute Gasteiger partial charge is 0.250 e. The number of ether oxygens (including phenoxy) is 2. The number of nitrogens with one attached hydrogen (secondary N) is 1. The minimum atomic E-state index is -0.174.